The van der Waals surface area contributed by atoms with Crippen LogP contribution in [0.3, 0.4) is 0 Å². The van der Waals surface area contributed by atoms with Crippen LogP contribution in [-0.4, -0.2) is 19.5 Å². The molecule has 0 bridgehead atoms. The van der Waals surface area contributed by atoms with Crippen molar-refractivity contribution in [3.05, 3.63) is 66.5 Å². The zero-order chi connectivity index (χ0) is 19.4. The highest BCUT2D eigenvalue weighted by Crippen LogP contribution is 2.49. The topological polar surface area (TPSA) is 43.6 Å². The number of fused-ring (bicyclic) bond motifs is 2. The summed E-state index contributed by atoms with van der Waals surface area (Å²) in [5, 5.41) is 0. The first-order chi connectivity index (χ1) is 14.2. The highest BCUT2D eigenvalue weighted by atomic mass is 19.1. The molecular weight excluding hydrogens is 363 g/mol. The van der Waals surface area contributed by atoms with Crippen molar-refractivity contribution in [1.82, 2.24) is 19.5 Å². The highest BCUT2D eigenvalue weighted by Gasteiger charge is 2.42. The molecule has 1 saturated carbocycles. The van der Waals surface area contributed by atoms with Gasteiger partial charge >= 0.3 is 0 Å². The third-order valence-corrected chi connectivity index (χ3v) is 6.60. The molecule has 4 aromatic rings. The molecule has 2 aromatic carbocycles. The molecule has 29 heavy (non-hydrogen) atoms. The summed E-state index contributed by atoms with van der Waals surface area (Å²) in [4.78, 5) is 14.0. The molecule has 2 aliphatic rings. The largest absolute Gasteiger partial charge is 0.327 e. The smallest absolute Gasteiger partial charge is 0.123 e. The fraction of sp³-hybridized carbons (Fsp3) is 0.292. The SMILES string of the molecule is Fc1ccc(-c2nc3n(c2-c2ccc4nccnc4c2)CC2(CCCC2)C3)cc1. The van der Waals surface area contributed by atoms with Crippen LogP contribution in [0.2, 0.25) is 0 Å². The maximum Gasteiger partial charge on any atom is 0.123 e. The van der Waals surface area contributed by atoms with E-state index in [0.29, 0.717) is 5.41 Å². The third kappa shape index (κ3) is 2.68. The van der Waals surface area contributed by atoms with E-state index in [1.54, 1.807) is 12.4 Å². The molecule has 0 N–H and O–H groups in total. The molecule has 3 heterocycles. The molecular formula is C24H21FN4. The summed E-state index contributed by atoms with van der Waals surface area (Å²) in [7, 11) is 0. The van der Waals surface area contributed by atoms with Gasteiger partial charge in [0.1, 0.15) is 11.6 Å². The molecule has 0 radical (unpaired) electrons. The Balaban J connectivity index is 1.55. The summed E-state index contributed by atoms with van der Waals surface area (Å²) in [6.45, 7) is 1.02. The van der Waals surface area contributed by atoms with Gasteiger partial charge in [-0.3, -0.25) is 9.97 Å². The maximum atomic E-state index is 13.5. The number of hydrogen-bond donors (Lipinski definition) is 0. The average Bonchev–Trinajstić information content (AvgIpc) is 3.43. The first kappa shape index (κ1) is 16.8. The number of halogens is 1. The second-order valence-electron chi connectivity index (χ2n) is 8.46. The summed E-state index contributed by atoms with van der Waals surface area (Å²) in [5.41, 5.74) is 6.20. The zero-order valence-corrected chi connectivity index (χ0v) is 16.1. The van der Waals surface area contributed by atoms with Gasteiger partial charge in [0, 0.05) is 36.5 Å². The van der Waals surface area contributed by atoms with Crippen LogP contribution in [0, 0.1) is 11.2 Å². The molecule has 1 aliphatic heterocycles. The van der Waals surface area contributed by atoms with Gasteiger partial charge in [0.15, 0.2) is 0 Å². The van der Waals surface area contributed by atoms with Gasteiger partial charge in [-0.05, 0) is 54.7 Å². The van der Waals surface area contributed by atoms with Crippen LogP contribution in [0.15, 0.2) is 54.9 Å². The number of aromatic nitrogens is 4. The second kappa shape index (κ2) is 6.21. The number of hydrogen-bond acceptors (Lipinski definition) is 3. The van der Waals surface area contributed by atoms with Crippen LogP contribution < -0.4 is 0 Å². The van der Waals surface area contributed by atoms with Crippen molar-refractivity contribution in [1.29, 1.82) is 0 Å². The fourth-order valence-corrected chi connectivity index (χ4v) is 5.20. The van der Waals surface area contributed by atoms with Crippen molar-refractivity contribution in [2.75, 3.05) is 0 Å². The van der Waals surface area contributed by atoms with Gasteiger partial charge in [-0.25, -0.2) is 9.37 Å². The standard InChI is InChI=1S/C24H21FN4/c25-18-6-3-16(4-7-18)22-23(17-5-8-19-20(13-17)27-12-11-26-19)29-15-24(9-1-2-10-24)14-21(29)28-22/h3-8,11-13H,1-2,9-10,14-15H2. The van der Waals surface area contributed by atoms with E-state index < -0.39 is 0 Å². The lowest BCUT2D eigenvalue weighted by atomic mass is 9.85. The molecule has 0 saturated heterocycles. The number of nitrogens with zero attached hydrogens (tertiary/aromatic N) is 4. The van der Waals surface area contributed by atoms with E-state index in [-0.39, 0.29) is 5.82 Å². The summed E-state index contributed by atoms with van der Waals surface area (Å²) >= 11 is 0. The van der Waals surface area contributed by atoms with Crippen molar-refractivity contribution in [3.63, 3.8) is 0 Å². The van der Waals surface area contributed by atoms with E-state index in [1.807, 2.05) is 18.2 Å². The van der Waals surface area contributed by atoms with Crippen LogP contribution >= 0.6 is 0 Å². The Bertz CT molecular complexity index is 1220. The van der Waals surface area contributed by atoms with Crippen LogP contribution in [-0.2, 0) is 13.0 Å². The average molecular weight is 384 g/mol. The second-order valence-corrected chi connectivity index (χ2v) is 8.46. The molecule has 5 heteroatoms. The van der Waals surface area contributed by atoms with E-state index in [9.17, 15) is 4.39 Å². The molecule has 144 valence electrons. The van der Waals surface area contributed by atoms with Crippen LogP contribution in [0.1, 0.15) is 31.5 Å². The lowest BCUT2D eigenvalue weighted by Gasteiger charge is -2.22. The normalized spacial score (nSPS) is 17.3. The Hall–Kier alpha value is -3.08. The van der Waals surface area contributed by atoms with E-state index in [4.69, 9.17) is 4.98 Å². The zero-order valence-electron chi connectivity index (χ0n) is 16.1. The molecule has 1 spiro atoms. The van der Waals surface area contributed by atoms with Gasteiger partial charge in [0.2, 0.25) is 0 Å². The number of benzene rings is 2. The summed E-state index contributed by atoms with van der Waals surface area (Å²) in [6.07, 6.45) is 9.67. The van der Waals surface area contributed by atoms with Crippen LogP contribution in [0.5, 0.6) is 0 Å². The Morgan fingerprint density at radius 2 is 1.59 bits per heavy atom. The van der Waals surface area contributed by atoms with Gasteiger partial charge in [-0.1, -0.05) is 18.9 Å². The van der Waals surface area contributed by atoms with E-state index >= 15 is 0 Å². The number of rotatable bonds is 2. The lowest BCUT2D eigenvalue weighted by Crippen LogP contribution is -2.18. The van der Waals surface area contributed by atoms with Gasteiger partial charge < -0.3 is 4.57 Å². The molecule has 0 atom stereocenters. The third-order valence-electron chi connectivity index (χ3n) is 6.60. The van der Waals surface area contributed by atoms with E-state index in [1.165, 1.54) is 37.8 Å². The first-order valence-electron chi connectivity index (χ1n) is 10.3. The quantitative estimate of drug-likeness (QED) is 0.464. The lowest BCUT2D eigenvalue weighted by molar-refractivity contribution is 0.291. The predicted octanol–water partition coefficient (Wildman–Crippen LogP) is 5.42. The summed E-state index contributed by atoms with van der Waals surface area (Å²) in [6, 6.07) is 12.9. The van der Waals surface area contributed by atoms with Gasteiger partial charge in [0.05, 0.1) is 22.4 Å². The van der Waals surface area contributed by atoms with Crippen molar-refractivity contribution < 1.29 is 4.39 Å². The van der Waals surface area contributed by atoms with E-state index in [2.05, 4.69) is 26.7 Å². The Kier molecular flexibility index (Phi) is 3.60. The Morgan fingerprint density at radius 3 is 2.38 bits per heavy atom. The van der Waals surface area contributed by atoms with Gasteiger partial charge in [-0.2, -0.15) is 0 Å². The highest BCUT2D eigenvalue weighted by molar-refractivity contribution is 5.85. The van der Waals surface area contributed by atoms with Crippen molar-refractivity contribution in [2.45, 2.75) is 38.6 Å². The molecule has 2 aromatic heterocycles. The van der Waals surface area contributed by atoms with Crippen molar-refractivity contribution in [3.8, 4) is 22.5 Å². The minimum absolute atomic E-state index is 0.229. The first-order valence-corrected chi connectivity index (χ1v) is 10.3. The summed E-state index contributed by atoms with van der Waals surface area (Å²) in [5.74, 6) is 0.924. The minimum Gasteiger partial charge on any atom is -0.327 e. The van der Waals surface area contributed by atoms with Crippen molar-refractivity contribution in [2.24, 2.45) is 5.41 Å². The maximum absolute atomic E-state index is 13.5. The molecule has 1 fully saturated rings. The molecule has 6 rings (SSSR count). The fourth-order valence-electron chi connectivity index (χ4n) is 5.20. The van der Waals surface area contributed by atoms with Crippen LogP contribution in [0.4, 0.5) is 4.39 Å². The van der Waals surface area contributed by atoms with Crippen molar-refractivity contribution >= 4 is 11.0 Å². The monoisotopic (exact) mass is 384 g/mol. The number of imidazole rings is 1. The minimum atomic E-state index is -0.229. The van der Waals surface area contributed by atoms with Gasteiger partial charge in [0.25, 0.3) is 0 Å². The summed E-state index contributed by atoms with van der Waals surface area (Å²) < 4.78 is 15.9. The molecule has 1 aliphatic carbocycles. The van der Waals surface area contributed by atoms with Gasteiger partial charge in [-0.15, -0.1) is 0 Å². The van der Waals surface area contributed by atoms with Crippen LogP contribution in [0.25, 0.3) is 33.5 Å². The van der Waals surface area contributed by atoms with E-state index in [0.717, 1.165) is 52.3 Å². The molecule has 0 unspecified atom stereocenters. The predicted molar refractivity (Wildman–Crippen MR) is 111 cm³/mol. The Morgan fingerprint density at radius 1 is 0.862 bits per heavy atom. The Labute approximate surface area is 168 Å². The molecule has 0 amide bonds. The molecule has 4 nitrogen and oxygen atoms in total.